The fourth-order valence-corrected chi connectivity index (χ4v) is 2.31. The van der Waals surface area contributed by atoms with Gasteiger partial charge in [-0.25, -0.2) is 13.2 Å². The van der Waals surface area contributed by atoms with Crippen molar-refractivity contribution in [3.8, 4) is 6.07 Å². The molecule has 1 N–H and O–H groups in total. The van der Waals surface area contributed by atoms with Gasteiger partial charge in [0.25, 0.3) is 0 Å². The topological polar surface area (TPSA) is 39.1 Å². The van der Waals surface area contributed by atoms with Crippen molar-refractivity contribution in [1.82, 2.24) is 10.2 Å². The third-order valence-corrected chi connectivity index (χ3v) is 3.30. The lowest BCUT2D eigenvalue weighted by Crippen LogP contribution is -2.45. The first-order valence-corrected chi connectivity index (χ1v) is 6.10. The molecule has 1 aromatic carbocycles. The molecule has 0 aliphatic carbocycles. The Morgan fingerprint density at radius 3 is 2.53 bits per heavy atom. The fraction of sp³-hybridized carbons (Fsp3) is 0.462. The van der Waals surface area contributed by atoms with Gasteiger partial charge >= 0.3 is 0 Å². The number of hydrogen-bond acceptors (Lipinski definition) is 3. The highest BCUT2D eigenvalue weighted by Gasteiger charge is 2.26. The predicted molar refractivity (Wildman–Crippen MR) is 63.7 cm³/mol. The van der Waals surface area contributed by atoms with E-state index in [1.165, 1.54) is 6.07 Å². The van der Waals surface area contributed by atoms with E-state index in [9.17, 15) is 13.2 Å². The van der Waals surface area contributed by atoms with Gasteiger partial charge in [0, 0.05) is 31.7 Å². The first kappa shape index (κ1) is 13.8. The zero-order chi connectivity index (χ0) is 13.8. The summed E-state index contributed by atoms with van der Waals surface area (Å²) in [4.78, 5) is 1.91. The maximum atomic E-state index is 13.8. The Labute approximate surface area is 109 Å². The van der Waals surface area contributed by atoms with Gasteiger partial charge in [0.15, 0.2) is 17.5 Å². The van der Waals surface area contributed by atoms with Crippen LogP contribution in [0.5, 0.6) is 0 Å². The smallest absolute Gasteiger partial charge is 0.194 e. The van der Waals surface area contributed by atoms with Gasteiger partial charge < -0.3 is 5.32 Å². The van der Waals surface area contributed by atoms with Crippen LogP contribution in [-0.2, 0) is 0 Å². The molecule has 6 heteroatoms. The first-order chi connectivity index (χ1) is 9.15. The molecule has 102 valence electrons. The van der Waals surface area contributed by atoms with E-state index in [-0.39, 0.29) is 12.0 Å². The number of nitriles is 1. The monoisotopic (exact) mass is 269 g/mol. The lowest BCUT2D eigenvalue weighted by molar-refractivity contribution is 0.171. The Bertz CT molecular complexity index is 493. The minimum Gasteiger partial charge on any atom is -0.314 e. The molecule has 2 rings (SSSR count). The van der Waals surface area contributed by atoms with Crippen LogP contribution in [0.2, 0.25) is 0 Å². The van der Waals surface area contributed by atoms with Crippen LogP contribution in [-0.4, -0.2) is 31.1 Å². The average Bonchev–Trinajstić information content (AvgIpc) is 2.44. The summed E-state index contributed by atoms with van der Waals surface area (Å²) in [6.45, 7) is 2.75. The van der Waals surface area contributed by atoms with Crippen molar-refractivity contribution < 1.29 is 13.2 Å². The quantitative estimate of drug-likeness (QED) is 0.853. The Balaban J connectivity index is 2.33. The van der Waals surface area contributed by atoms with Crippen LogP contribution >= 0.6 is 0 Å². The van der Waals surface area contributed by atoms with Crippen LogP contribution in [0.3, 0.4) is 0 Å². The van der Waals surface area contributed by atoms with Crippen LogP contribution in [0.15, 0.2) is 12.1 Å². The van der Waals surface area contributed by atoms with Gasteiger partial charge in [-0.15, -0.1) is 0 Å². The molecule has 1 atom stereocenters. The molecular formula is C13H14F3N3. The van der Waals surface area contributed by atoms with Gasteiger partial charge in [0.1, 0.15) is 0 Å². The van der Waals surface area contributed by atoms with Gasteiger partial charge in [0.2, 0.25) is 0 Å². The summed E-state index contributed by atoms with van der Waals surface area (Å²) >= 11 is 0. The highest BCUT2D eigenvalue weighted by Crippen LogP contribution is 2.28. The minimum absolute atomic E-state index is 0.0436. The van der Waals surface area contributed by atoms with Crippen LogP contribution in [0.4, 0.5) is 13.2 Å². The van der Waals surface area contributed by atoms with Gasteiger partial charge in [-0.2, -0.15) is 5.26 Å². The fourth-order valence-electron chi connectivity index (χ4n) is 2.31. The predicted octanol–water partition coefficient (Wildman–Crippen LogP) is 1.96. The lowest BCUT2D eigenvalue weighted by Gasteiger charge is -2.34. The molecule has 3 nitrogen and oxygen atoms in total. The van der Waals surface area contributed by atoms with Crippen molar-refractivity contribution in [3.05, 3.63) is 35.1 Å². The highest BCUT2D eigenvalue weighted by molar-refractivity contribution is 5.24. The number of rotatable bonds is 3. The van der Waals surface area contributed by atoms with E-state index in [0.717, 1.165) is 19.2 Å². The van der Waals surface area contributed by atoms with Gasteiger partial charge in [-0.3, -0.25) is 4.90 Å². The van der Waals surface area contributed by atoms with E-state index >= 15 is 0 Å². The van der Waals surface area contributed by atoms with E-state index in [2.05, 4.69) is 5.32 Å². The zero-order valence-electron chi connectivity index (χ0n) is 10.3. The second-order valence-electron chi connectivity index (χ2n) is 4.43. The van der Waals surface area contributed by atoms with E-state index < -0.39 is 23.5 Å². The molecule has 0 unspecified atom stereocenters. The lowest BCUT2D eigenvalue weighted by atomic mass is 10.0. The maximum Gasteiger partial charge on any atom is 0.194 e. The molecule has 1 aliphatic rings. The molecule has 0 radical (unpaired) electrons. The number of piperazine rings is 1. The largest absolute Gasteiger partial charge is 0.314 e. The number of nitrogens with one attached hydrogen (secondary N) is 1. The minimum atomic E-state index is -1.48. The summed E-state index contributed by atoms with van der Waals surface area (Å²) in [7, 11) is 0. The second-order valence-corrected chi connectivity index (χ2v) is 4.43. The normalized spacial score (nSPS) is 18.0. The Morgan fingerprint density at radius 1 is 1.21 bits per heavy atom. The van der Waals surface area contributed by atoms with Crippen molar-refractivity contribution in [2.75, 3.05) is 26.2 Å². The molecule has 19 heavy (non-hydrogen) atoms. The number of halogens is 3. The summed E-state index contributed by atoms with van der Waals surface area (Å²) in [5.41, 5.74) is 0.0438. The summed E-state index contributed by atoms with van der Waals surface area (Å²) in [6.07, 6.45) is 0.0436. The average molecular weight is 269 g/mol. The molecular weight excluding hydrogens is 255 g/mol. The maximum absolute atomic E-state index is 13.8. The van der Waals surface area contributed by atoms with Crippen LogP contribution in [0.25, 0.3) is 0 Å². The molecule has 1 fully saturated rings. The molecule has 0 spiro atoms. The molecule has 1 aliphatic heterocycles. The zero-order valence-corrected chi connectivity index (χ0v) is 10.3. The van der Waals surface area contributed by atoms with E-state index in [1.54, 1.807) is 0 Å². The Morgan fingerprint density at radius 2 is 1.89 bits per heavy atom. The van der Waals surface area contributed by atoms with Crippen molar-refractivity contribution in [1.29, 1.82) is 5.26 Å². The van der Waals surface area contributed by atoms with Crippen molar-refractivity contribution in [3.63, 3.8) is 0 Å². The van der Waals surface area contributed by atoms with E-state index in [1.807, 2.05) is 11.0 Å². The number of hydrogen-bond donors (Lipinski definition) is 1. The van der Waals surface area contributed by atoms with Crippen molar-refractivity contribution in [2.45, 2.75) is 12.5 Å². The number of nitrogens with zero attached hydrogens (tertiary/aromatic N) is 2. The summed E-state index contributed by atoms with van der Waals surface area (Å²) in [5, 5.41) is 12.0. The standard InChI is InChI=1S/C13H14F3N3/c14-10-2-1-9(12(15)13(10)16)11(3-4-17)19-7-5-18-6-8-19/h1-2,11,18H,3,5-8H2/t11-/m0/s1. The van der Waals surface area contributed by atoms with E-state index in [4.69, 9.17) is 5.26 Å². The van der Waals surface area contributed by atoms with Gasteiger partial charge in [-0.05, 0) is 6.07 Å². The number of benzene rings is 1. The second kappa shape index (κ2) is 6.04. The summed E-state index contributed by atoms with van der Waals surface area (Å²) in [5.74, 6) is -3.88. The molecule has 1 heterocycles. The third kappa shape index (κ3) is 2.88. The molecule has 0 aromatic heterocycles. The Kier molecular flexibility index (Phi) is 4.40. The molecule has 0 bridgehead atoms. The summed E-state index contributed by atoms with van der Waals surface area (Å²) < 4.78 is 40.1. The highest BCUT2D eigenvalue weighted by atomic mass is 19.2. The van der Waals surface area contributed by atoms with Crippen LogP contribution < -0.4 is 5.32 Å². The van der Waals surface area contributed by atoms with Crippen LogP contribution in [0.1, 0.15) is 18.0 Å². The van der Waals surface area contributed by atoms with E-state index in [0.29, 0.717) is 13.1 Å². The third-order valence-electron chi connectivity index (χ3n) is 3.30. The molecule has 0 saturated carbocycles. The first-order valence-electron chi connectivity index (χ1n) is 6.10. The SMILES string of the molecule is N#CC[C@@H](c1ccc(F)c(F)c1F)N1CCNCC1. The summed E-state index contributed by atoms with van der Waals surface area (Å²) in [6, 6.07) is 3.56. The van der Waals surface area contributed by atoms with Gasteiger partial charge in [0.05, 0.1) is 18.5 Å². The van der Waals surface area contributed by atoms with Crippen molar-refractivity contribution >= 4 is 0 Å². The molecule has 1 saturated heterocycles. The van der Waals surface area contributed by atoms with Crippen molar-refractivity contribution in [2.24, 2.45) is 0 Å². The molecule has 0 amide bonds. The van der Waals surface area contributed by atoms with Crippen LogP contribution in [0, 0.1) is 28.8 Å². The molecule has 1 aromatic rings. The Hall–Kier alpha value is -1.58. The van der Waals surface area contributed by atoms with Gasteiger partial charge in [-0.1, -0.05) is 6.07 Å².